The van der Waals surface area contributed by atoms with Crippen LogP contribution in [0.1, 0.15) is 34.8 Å². The lowest BCUT2D eigenvalue weighted by molar-refractivity contribution is -0.126. The maximum atomic E-state index is 12.7. The number of fused-ring (bicyclic) bond motifs is 1. The number of hydrogen-bond donors (Lipinski definition) is 3. The van der Waals surface area contributed by atoms with Crippen molar-refractivity contribution < 1.29 is 9.59 Å². The molecule has 2 amide bonds. The average molecular weight is 485 g/mol. The number of carbonyl (C=O) groups is 2. The summed E-state index contributed by atoms with van der Waals surface area (Å²) in [5.74, 6) is 6.51. The van der Waals surface area contributed by atoms with Crippen LogP contribution >= 0.6 is 0 Å². The molecule has 0 bridgehead atoms. The number of nitrogens with one attached hydrogen (secondary N) is 2. The van der Waals surface area contributed by atoms with Crippen molar-refractivity contribution in [1.82, 2.24) is 25.3 Å². The Balaban J connectivity index is 1.36. The van der Waals surface area contributed by atoms with Crippen LogP contribution in [-0.4, -0.2) is 57.2 Å². The molecule has 2 aromatic rings. The molecule has 1 atom stereocenters. The van der Waals surface area contributed by atoms with Gasteiger partial charge in [0.15, 0.2) is 0 Å². The minimum Gasteiger partial charge on any atom is -0.337 e. The van der Waals surface area contributed by atoms with Gasteiger partial charge in [-0.25, -0.2) is 15.8 Å². The maximum Gasteiger partial charge on any atom is 0.256 e. The zero-order valence-corrected chi connectivity index (χ0v) is 20.2. The first-order chi connectivity index (χ1) is 17.3. The summed E-state index contributed by atoms with van der Waals surface area (Å²) >= 11 is 0. The summed E-state index contributed by atoms with van der Waals surface area (Å²) in [6.45, 7) is 8.68. The third-order valence-corrected chi connectivity index (χ3v) is 6.39. The van der Waals surface area contributed by atoms with Gasteiger partial charge in [-0.15, -0.1) is 0 Å². The highest BCUT2D eigenvalue weighted by molar-refractivity contribution is 6.04. The molecule has 1 saturated heterocycles. The molecule has 0 radical (unpaired) electrons. The van der Waals surface area contributed by atoms with Gasteiger partial charge in [0.05, 0.1) is 17.9 Å². The third-order valence-electron chi connectivity index (χ3n) is 6.39. The molecule has 1 fully saturated rings. The quantitative estimate of drug-likeness (QED) is 0.440. The molecular formula is C26H28N8O2. The average Bonchev–Trinajstić information content (AvgIpc) is 3.49. The smallest absolute Gasteiger partial charge is 0.256 e. The number of likely N-dealkylation sites (tertiary alicyclic amines) is 1. The maximum absolute atomic E-state index is 12.7. The number of nitrogens with two attached hydrogens (primary N) is 1. The highest BCUT2D eigenvalue weighted by atomic mass is 16.2. The summed E-state index contributed by atoms with van der Waals surface area (Å²) in [5, 5.41) is 6.33. The van der Waals surface area contributed by atoms with Gasteiger partial charge in [0, 0.05) is 36.0 Å². The SMILES string of the molecule is C=C(C)C(=O)N1CC[C@@H](N2NC(c3ccc(C(=O)Nc4cc(C)ccn4)cc3)=C3C2=CN=CN3N)C1. The molecule has 0 unspecified atom stereocenters. The summed E-state index contributed by atoms with van der Waals surface area (Å²) in [7, 11) is 0. The van der Waals surface area contributed by atoms with Gasteiger partial charge in [0.25, 0.3) is 5.91 Å². The van der Waals surface area contributed by atoms with Crippen LogP contribution in [0.25, 0.3) is 5.70 Å². The first kappa shape index (κ1) is 23.3. The number of hydrogen-bond acceptors (Lipinski definition) is 8. The van der Waals surface area contributed by atoms with Crippen LogP contribution in [0.4, 0.5) is 5.82 Å². The summed E-state index contributed by atoms with van der Waals surface area (Å²) < 4.78 is 0. The molecule has 4 heterocycles. The van der Waals surface area contributed by atoms with Crippen molar-refractivity contribution in [2.45, 2.75) is 26.3 Å². The molecule has 5 rings (SSSR count). The molecular weight excluding hydrogens is 456 g/mol. The lowest BCUT2D eigenvalue weighted by Crippen LogP contribution is -2.43. The molecule has 0 spiro atoms. The normalized spacial score (nSPS) is 18.7. The number of amides is 2. The first-order valence-corrected chi connectivity index (χ1v) is 11.7. The molecule has 1 aromatic carbocycles. The number of carbonyl (C=O) groups excluding carboxylic acids is 2. The van der Waals surface area contributed by atoms with E-state index in [1.54, 1.807) is 37.8 Å². The second-order valence-electron chi connectivity index (χ2n) is 9.12. The topological polar surface area (TPSA) is 119 Å². The van der Waals surface area contributed by atoms with Crippen LogP contribution in [-0.2, 0) is 4.79 Å². The van der Waals surface area contributed by atoms with Gasteiger partial charge in [0.2, 0.25) is 5.91 Å². The third kappa shape index (κ3) is 4.34. The van der Waals surface area contributed by atoms with Crippen LogP contribution in [0.2, 0.25) is 0 Å². The molecule has 0 saturated carbocycles. The lowest BCUT2D eigenvalue weighted by Gasteiger charge is -2.30. The Morgan fingerprint density at radius 3 is 2.72 bits per heavy atom. The second kappa shape index (κ2) is 9.31. The van der Waals surface area contributed by atoms with E-state index in [1.807, 2.05) is 41.1 Å². The molecule has 0 aliphatic carbocycles. The van der Waals surface area contributed by atoms with Crippen LogP contribution in [0.3, 0.4) is 0 Å². The van der Waals surface area contributed by atoms with Crippen molar-refractivity contribution in [2.75, 3.05) is 18.4 Å². The molecule has 3 aliphatic rings. The van der Waals surface area contributed by atoms with Gasteiger partial charge < -0.3 is 10.2 Å². The first-order valence-electron chi connectivity index (χ1n) is 11.7. The fraction of sp³-hybridized carbons (Fsp3) is 0.231. The molecule has 3 aliphatic heterocycles. The Bertz CT molecular complexity index is 1330. The van der Waals surface area contributed by atoms with Gasteiger partial charge in [-0.05, 0) is 50.1 Å². The molecule has 10 nitrogen and oxygen atoms in total. The fourth-order valence-corrected chi connectivity index (χ4v) is 4.57. The highest BCUT2D eigenvalue weighted by Crippen LogP contribution is 2.36. The number of rotatable bonds is 5. The van der Waals surface area contributed by atoms with Gasteiger partial charge in [-0.3, -0.25) is 25.0 Å². The molecule has 1 aromatic heterocycles. The van der Waals surface area contributed by atoms with E-state index in [2.05, 4.69) is 27.3 Å². The van der Waals surface area contributed by atoms with Crippen LogP contribution in [0.5, 0.6) is 0 Å². The Morgan fingerprint density at radius 1 is 1.22 bits per heavy atom. The van der Waals surface area contributed by atoms with Gasteiger partial charge >= 0.3 is 0 Å². The summed E-state index contributed by atoms with van der Waals surface area (Å²) in [4.78, 5) is 35.4. The molecule has 10 heteroatoms. The minimum atomic E-state index is -0.239. The van der Waals surface area contributed by atoms with Crippen molar-refractivity contribution in [3.05, 3.63) is 89.0 Å². The number of aryl methyl sites for hydroxylation is 1. The van der Waals surface area contributed by atoms with E-state index in [9.17, 15) is 9.59 Å². The fourth-order valence-electron chi connectivity index (χ4n) is 4.57. The highest BCUT2D eigenvalue weighted by Gasteiger charge is 2.39. The van der Waals surface area contributed by atoms with E-state index in [0.717, 1.165) is 34.6 Å². The van der Waals surface area contributed by atoms with E-state index >= 15 is 0 Å². The predicted molar refractivity (Wildman–Crippen MR) is 138 cm³/mol. The summed E-state index contributed by atoms with van der Waals surface area (Å²) in [6.07, 6.45) is 5.77. The molecule has 184 valence electrons. The second-order valence-corrected chi connectivity index (χ2v) is 9.12. The van der Waals surface area contributed by atoms with Gasteiger partial charge in [-0.1, -0.05) is 18.7 Å². The van der Waals surface area contributed by atoms with E-state index in [-0.39, 0.29) is 17.9 Å². The van der Waals surface area contributed by atoms with Crippen molar-refractivity contribution in [3.63, 3.8) is 0 Å². The van der Waals surface area contributed by atoms with E-state index in [4.69, 9.17) is 5.84 Å². The van der Waals surface area contributed by atoms with Crippen LogP contribution < -0.4 is 16.6 Å². The Morgan fingerprint density at radius 2 is 2.00 bits per heavy atom. The van der Waals surface area contributed by atoms with Crippen molar-refractivity contribution in [1.29, 1.82) is 0 Å². The van der Waals surface area contributed by atoms with Crippen molar-refractivity contribution in [2.24, 2.45) is 10.8 Å². The Hall–Kier alpha value is -4.44. The van der Waals surface area contributed by atoms with Gasteiger partial charge in [0.1, 0.15) is 23.6 Å². The zero-order valence-electron chi connectivity index (χ0n) is 20.2. The van der Waals surface area contributed by atoms with Crippen molar-refractivity contribution in [3.8, 4) is 0 Å². The van der Waals surface area contributed by atoms with Gasteiger partial charge in [-0.2, -0.15) is 0 Å². The van der Waals surface area contributed by atoms with Crippen LogP contribution in [0, 0.1) is 6.92 Å². The van der Waals surface area contributed by atoms with E-state index < -0.39 is 0 Å². The zero-order chi connectivity index (χ0) is 25.4. The predicted octanol–water partition coefficient (Wildman–Crippen LogP) is 2.37. The molecule has 4 N–H and O–H groups in total. The number of aliphatic imine (C=N–C) groups is 1. The van der Waals surface area contributed by atoms with Crippen LogP contribution in [0.15, 0.2) is 77.3 Å². The standard InChI is InChI=1S/C26H28N8O2/c1-16(2)26(36)32-11-9-20(14-32)34-21-13-28-15-33(27)24(21)23(31-34)18-4-6-19(7-5-18)25(35)30-22-12-17(3)8-10-29-22/h4-8,10,12-13,15,20,31H,1,9,11,14,27H2,2-3H3,(H,29,30,35)/t20-/m1/s1. The Labute approximate surface area is 209 Å². The van der Waals surface area contributed by atoms with E-state index in [0.29, 0.717) is 30.0 Å². The lowest BCUT2D eigenvalue weighted by atomic mass is 10.1. The van der Waals surface area contributed by atoms with Crippen molar-refractivity contribution >= 4 is 29.7 Å². The minimum absolute atomic E-state index is 0.0315. The number of pyridine rings is 1. The number of aromatic nitrogens is 1. The monoisotopic (exact) mass is 484 g/mol. The Kier molecular flexibility index (Phi) is 6.03. The summed E-state index contributed by atoms with van der Waals surface area (Å²) in [5.41, 5.74) is 8.80. The number of hydrazine groups is 2. The number of nitrogens with zero attached hydrogens (tertiary/aromatic N) is 5. The number of benzene rings is 1. The largest absolute Gasteiger partial charge is 0.337 e. The summed E-state index contributed by atoms with van der Waals surface area (Å²) in [6, 6.07) is 11.0. The van der Waals surface area contributed by atoms with E-state index in [1.165, 1.54) is 5.01 Å². The molecule has 36 heavy (non-hydrogen) atoms. The number of anilines is 1.